The number of nitrogens with one attached hydrogen (secondary N) is 1. The summed E-state index contributed by atoms with van der Waals surface area (Å²) in [5.74, 6) is 0.222. The van der Waals surface area contributed by atoms with Crippen molar-refractivity contribution in [3.8, 4) is 5.75 Å². The average molecular weight is 504 g/mol. The van der Waals surface area contributed by atoms with Gasteiger partial charge < -0.3 is 15.0 Å². The third-order valence-electron chi connectivity index (χ3n) is 5.83. The van der Waals surface area contributed by atoms with Crippen LogP contribution in [0.3, 0.4) is 0 Å². The molecule has 0 bridgehead atoms. The van der Waals surface area contributed by atoms with Crippen LogP contribution in [0.15, 0.2) is 48.5 Å². The molecule has 8 nitrogen and oxygen atoms in total. The summed E-state index contributed by atoms with van der Waals surface area (Å²) in [4.78, 5) is 27.5. The van der Waals surface area contributed by atoms with E-state index in [0.717, 1.165) is 23.8 Å². The summed E-state index contributed by atoms with van der Waals surface area (Å²) in [6.07, 6.45) is 2.37. The maximum atomic E-state index is 13.3. The Bertz CT molecular complexity index is 1090. The van der Waals surface area contributed by atoms with Crippen molar-refractivity contribution in [2.24, 2.45) is 0 Å². The smallest absolute Gasteiger partial charge is 0.242 e. The molecule has 0 saturated heterocycles. The van der Waals surface area contributed by atoms with Gasteiger partial charge in [-0.15, -0.1) is 0 Å². The van der Waals surface area contributed by atoms with Gasteiger partial charge in [-0.1, -0.05) is 31.2 Å². The third-order valence-corrected chi connectivity index (χ3v) is 7.03. The first-order valence-corrected chi connectivity index (χ1v) is 13.7. The van der Waals surface area contributed by atoms with E-state index >= 15 is 0 Å². The van der Waals surface area contributed by atoms with Crippen LogP contribution in [0.2, 0.25) is 0 Å². The van der Waals surface area contributed by atoms with E-state index in [1.807, 2.05) is 38.1 Å². The van der Waals surface area contributed by atoms with E-state index in [1.54, 1.807) is 43.2 Å². The van der Waals surface area contributed by atoms with E-state index in [0.29, 0.717) is 30.9 Å². The maximum absolute atomic E-state index is 13.3. The number of carbonyl (C=O) groups excluding carboxylic acids is 2. The highest BCUT2D eigenvalue weighted by atomic mass is 32.2. The summed E-state index contributed by atoms with van der Waals surface area (Å²) in [5, 5.41) is 2.86. The molecular weight excluding hydrogens is 466 g/mol. The van der Waals surface area contributed by atoms with Crippen molar-refractivity contribution in [2.45, 2.75) is 52.6 Å². The fourth-order valence-corrected chi connectivity index (χ4v) is 4.67. The van der Waals surface area contributed by atoms with Crippen LogP contribution in [-0.2, 0) is 26.2 Å². The van der Waals surface area contributed by atoms with Crippen molar-refractivity contribution in [1.82, 2.24) is 10.2 Å². The molecule has 0 spiro atoms. The Kier molecular flexibility index (Phi) is 10.6. The molecular formula is C26H37N3O5S. The molecule has 0 unspecified atom stereocenters. The quantitative estimate of drug-likeness (QED) is 0.451. The number of rotatable bonds is 13. The monoisotopic (exact) mass is 503 g/mol. The van der Waals surface area contributed by atoms with Gasteiger partial charge in [0.15, 0.2) is 0 Å². The van der Waals surface area contributed by atoms with E-state index in [-0.39, 0.29) is 24.8 Å². The Balaban J connectivity index is 2.16. The van der Waals surface area contributed by atoms with E-state index in [4.69, 9.17) is 4.74 Å². The minimum atomic E-state index is -3.55. The minimum Gasteiger partial charge on any atom is -0.497 e. The van der Waals surface area contributed by atoms with Crippen molar-refractivity contribution < 1.29 is 22.7 Å². The van der Waals surface area contributed by atoms with Gasteiger partial charge in [0.2, 0.25) is 21.8 Å². The number of sulfonamides is 1. The van der Waals surface area contributed by atoms with Gasteiger partial charge in [-0.25, -0.2) is 8.42 Å². The molecule has 9 heteroatoms. The van der Waals surface area contributed by atoms with Gasteiger partial charge in [-0.3, -0.25) is 13.9 Å². The molecule has 2 aromatic rings. The van der Waals surface area contributed by atoms with Crippen LogP contribution in [0.1, 0.15) is 44.2 Å². The Morgan fingerprint density at radius 3 is 2.31 bits per heavy atom. The molecule has 2 amide bonds. The zero-order chi connectivity index (χ0) is 26.0. The maximum Gasteiger partial charge on any atom is 0.242 e. The number of benzene rings is 2. The van der Waals surface area contributed by atoms with Gasteiger partial charge in [-0.2, -0.15) is 0 Å². The number of anilines is 1. The van der Waals surface area contributed by atoms with Crippen LogP contribution < -0.4 is 14.4 Å². The summed E-state index contributed by atoms with van der Waals surface area (Å²) in [5.41, 5.74) is 2.51. The Labute approximate surface area is 209 Å². The first kappa shape index (κ1) is 28.2. The molecule has 2 rings (SSSR count). The number of carbonyl (C=O) groups is 2. The first-order valence-electron chi connectivity index (χ1n) is 11.8. The summed E-state index contributed by atoms with van der Waals surface area (Å²) >= 11 is 0. The number of ether oxygens (including phenoxy) is 1. The minimum absolute atomic E-state index is 0.111. The van der Waals surface area contributed by atoms with Crippen molar-refractivity contribution in [2.75, 3.05) is 30.8 Å². The molecule has 1 atom stereocenters. The number of aryl methyl sites for hydroxylation is 1. The molecule has 35 heavy (non-hydrogen) atoms. The summed E-state index contributed by atoms with van der Waals surface area (Å²) in [6.45, 7) is 6.66. The van der Waals surface area contributed by atoms with Gasteiger partial charge in [-0.05, 0) is 62.1 Å². The second-order valence-electron chi connectivity index (χ2n) is 8.55. The number of hydrogen-bond acceptors (Lipinski definition) is 5. The highest BCUT2D eigenvalue weighted by Gasteiger charge is 2.26. The van der Waals surface area contributed by atoms with Crippen molar-refractivity contribution in [3.05, 3.63) is 59.7 Å². The summed E-state index contributed by atoms with van der Waals surface area (Å²) in [6, 6.07) is 13.8. The molecule has 192 valence electrons. The van der Waals surface area contributed by atoms with E-state index in [2.05, 4.69) is 5.32 Å². The second kappa shape index (κ2) is 13.1. The van der Waals surface area contributed by atoms with Gasteiger partial charge in [0.25, 0.3) is 0 Å². The zero-order valence-corrected chi connectivity index (χ0v) is 22.1. The molecule has 0 fully saturated rings. The van der Waals surface area contributed by atoms with Crippen molar-refractivity contribution >= 4 is 27.5 Å². The topological polar surface area (TPSA) is 96.0 Å². The lowest BCUT2D eigenvalue weighted by Crippen LogP contribution is -2.48. The lowest BCUT2D eigenvalue weighted by molar-refractivity contribution is -0.140. The SMILES string of the molecule is CCCNC(=O)[C@H](C)N(Cc1ccccc1C)C(=O)CCCN(c1ccc(OC)cc1)S(C)(=O)=O. The van der Waals surface area contributed by atoms with Crippen LogP contribution in [0, 0.1) is 6.92 Å². The zero-order valence-electron chi connectivity index (χ0n) is 21.3. The Morgan fingerprint density at radius 2 is 1.74 bits per heavy atom. The summed E-state index contributed by atoms with van der Waals surface area (Å²) in [7, 11) is -2.00. The fourth-order valence-electron chi connectivity index (χ4n) is 3.70. The van der Waals surface area contributed by atoms with E-state index < -0.39 is 16.1 Å². The largest absolute Gasteiger partial charge is 0.497 e. The van der Waals surface area contributed by atoms with E-state index in [1.165, 1.54) is 4.31 Å². The highest BCUT2D eigenvalue weighted by molar-refractivity contribution is 7.92. The van der Waals surface area contributed by atoms with Gasteiger partial charge >= 0.3 is 0 Å². The van der Waals surface area contributed by atoms with Crippen LogP contribution >= 0.6 is 0 Å². The number of hydrogen-bond donors (Lipinski definition) is 1. The average Bonchev–Trinajstić information content (AvgIpc) is 2.83. The Hall–Kier alpha value is -3.07. The van der Waals surface area contributed by atoms with Crippen molar-refractivity contribution in [3.63, 3.8) is 0 Å². The molecule has 0 heterocycles. The molecule has 1 N–H and O–H groups in total. The standard InChI is InChI=1S/C26H37N3O5S/c1-6-17-27-26(31)21(3)28(19-22-11-8-7-10-20(22)2)25(30)12-9-18-29(35(5,32)33)23-13-15-24(34-4)16-14-23/h7-8,10-11,13-16,21H,6,9,12,17-19H2,1-5H3,(H,27,31)/t21-/m0/s1. The number of nitrogens with zero attached hydrogens (tertiary/aromatic N) is 2. The number of methoxy groups -OCH3 is 1. The second-order valence-corrected chi connectivity index (χ2v) is 10.5. The third kappa shape index (κ3) is 8.28. The molecule has 0 radical (unpaired) electrons. The normalized spacial score (nSPS) is 12.0. The summed E-state index contributed by atoms with van der Waals surface area (Å²) < 4.78 is 31.3. The number of amides is 2. The molecule has 0 saturated carbocycles. The predicted molar refractivity (Wildman–Crippen MR) is 139 cm³/mol. The molecule has 0 aliphatic rings. The van der Waals surface area contributed by atoms with Crippen LogP contribution in [0.5, 0.6) is 5.75 Å². The van der Waals surface area contributed by atoms with Crippen LogP contribution in [-0.4, -0.2) is 57.6 Å². The lowest BCUT2D eigenvalue weighted by Gasteiger charge is -2.30. The first-order chi connectivity index (χ1) is 16.6. The van der Waals surface area contributed by atoms with Crippen LogP contribution in [0.25, 0.3) is 0 Å². The fraction of sp³-hybridized carbons (Fsp3) is 0.462. The van der Waals surface area contributed by atoms with Gasteiger partial charge in [0.05, 0.1) is 19.1 Å². The molecule has 0 aliphatic carbocycles. The molecule has 0 aliphatic heterocycles. The predicted octanol–water partition coefficient (Wildman–Crippen LogP) is 3.49. The molecule has 0 aromatic heterocycles. The molecule has 2 aromatic carbocycles. The van der Waals surface area contributed by atoms with Crippen LogP contribution in [0.4, 0.5) is 5.69 Å². The van der Waals surface area contributed by atoms with E-state index in [9.17, 15) is 18.0 Å². The lowest BCUT2D eigenvalue weighted by atomic mass is 10.1. The highest BCUT2D eigenvalue weighted by Crippen LogP contribution is 2.22. The van der Waals surface area contributed by atoms with Gasteiger partial charge in [0, 0.05) is 26.1 Å². The Morgan fingerprint density at radius 1 is 1.09 bits per heavy atom. The van der Waals surface area contributed by atoms with Gasteiger partial charge in [0.1, 0.15) is 11.8 Å². The van der Waals surface area contributed by atoms with Crippen molar-refractivity contribution in [1.29, 1.82) is 0 Å².